The van der Waals surface area contributed by atoms with Crippen LogP contribution in [0.2, 0.25) is 0 Å². The number of anilines is 1. The Hall–Kier alpha value is -2.16. The Bertz CT molecular complexity index is 794. The zero-order valence-electron chi connectivity index (χ0n) is 19.1. The van der Waals surface area contributed by atoms with Crippen LogP contribution in [0.25, 0.3) is 0 Å². The Balaban J connectivity index is 1.89. The van der Waals surface area contributed by atoms with Crippen LogP contribution in [0.15, 0.2) is 12.1 Å². The van der Waals surface area contributed by atoms with Gasteiger partial charge in [0.25, 0.3) is 11.8 Å². The summed E-state index contributed by atoms with van der Waals surface area (Å²) in [7, 11) is 3.22. The lowest BCUT2D eigenvalue weighted by Crippen LogP contribution is -2.57. The largest absolute Gasteiger partial charge is 0.473 e. The fourth-order valence-electron chi connectivity index (χ4n) is 4.23. The molecule has 0 bridgehead atoms. The Morgan fingerprint density at radius 2 is 2.13 bits per heavy atom. The lowest BCUT2D eigenvalue weighted by atomic mass is 9.98. The minimum atomic E-state index is -1.10. The highest BCUT2D eigenvalue weighted by Crippen LogP contribution is 2.40. The molecule has 2 aliphatic heterocycles. The average Bonchev–Trinajstić information content (AvgIpc) is 2.74. The number of unbranched alkanes of at least 4 members (excludes halogenated alkanes) is 1. The number of aryl methyl sites for hydroxylation is 1. The maximum Gasteiger partial charge on any atom is 0.273 e. The van der Waals surface area contributed by atoms with Gasteiger partial charge in [-0.15, -0.1) is 0 Å². The van der Waals surface area contributed by atoms with Crippen molar-refractivity contribution in [3.63, 3.8) is 0 Å². The second-order valence-corrected chi connectivity index (χ2v) is 8.57. The third-order valence-corrected chi connectivity index (χ3v) is 5.91. The lowest BCUT2D eigenvalue weighted by Gasteiger charge is -2.40. The molecule has 8 nitrogen and oxygen atoms in total. The maximum absolute atomic E-state index is 13.3. The molecule has 2 atom stereocenters. The molecule has 3 rings (SSSR count). The van der Waals surface area contributed by atoms with Gasteiger partial charge < -0.3 is 29.7 Å². The number of methoxy groups -OCH3 is 2. The first kappa shape index (κ1) is 23.5. The number of amides is 2. The van der Waals surface area contributed by atoms with Gasteiger partial charge in [0.1, 0.15) is 5.75 Å². The highest BCUT2D eigenvalue weighted by atomic mass is 16.5. The monoisotopic (exact) mass is 433 g/mol. The van der Waals surface area contributed by atoms with Crippen LogP contribution < -0.4 is 20.3 Å². The van der Waals surface area contributed by atoms with Crippen molar-refractivity contribution in [1.29, 1.82) is 0 Å². The number of nitrogens with zero attached hydrogens (tertiary/aromatic N) is 1. The van der Waals surface area contributed by atoms with E-state index in [0.29, 0.717) is 30.2 Å². The minimum absolute atomic E-state index is 0.115. The summed E-state index contributed by atoms with van der Waals surface area (Å²) in [5, 5.41) is 6.44. The van der Waals surface area contributed by atoms with E-state index in [9.17, 15) is 9.59 Å². The van der Waals surface area contributed by atoms with Crippen LogP contribution >= 0.6 is 0 Å². The van der Waals surface area contributed by atoms with Crippen LogP contribution in [0, 0.1) is 6.92 Å². The third kappa shape index (κ3) is 5.37. The van der Waals surface area contributed by atoms with E-state index >= 15 is 0 Å². The zero-order valence-corrected chi connectivity index (χ0v) is 19.1. The number of piperidine rings is 1. The summed E-state index contributed by atoms with van der Waals surface area (Å²) in [5.74, 6) is 0.316. The molecule has 0 saturated carbocycles. The lowest BCUT2D eigenvalue weighted by molar-refractivity contribution is -0.138. The minimum Gasteiger partial charge on any atom is -0.473 e. The molecule has 1 saturated heterocycles. The van der Waals surface area contributed by atoms with Gasteiger partial charge in [0.2, 0.25) is 5.60 Å². The van der Waals surface area contributed by atoms with Crippen LogP contribution in [0.5, 0.6) is 5.75 Å². The fourth-order valence-corrected chi connectivity index (χ4v) is 4.23. The van der Waals surface area contributed by atoms with Gasteiger partial charge in [-0.1, -0.05) is 0 Å². The van der Waals surface area contributed by atoms with E-state index in [4.69, 9.17) is 14.2 Å². The van der Waals surface area contributed by atoms with Crippen molar-refractivity contribution < 1.29 is 23.8 Å². The van der Waals surface area contributed by atoms with Crippen molar-refractivity contribution in [2.24, 2.45) is 0 Å². The van der Waals surface area contributed by atoms with Gasteiger partial charge in [-0.2, -0.15) is 0 Å². The molecule has 0 radical (unpaired) electrons. The highest BCUT2D eigenvalue weighted by molar-refractivity contribution is 6.05. The maximum atomic E-state index is 13.3. The van der Waals surface area contributed by atoms with Gasteiger partial charge in [-0.05, 0) is 63.8 Å². The topological polar surface area (TPSA) is 89.1 Å². The first-order valence-corrected chi connectivity index (χ1v) is 11.0. The standard InChI is InChI=1S/C23H35N3O5/c1-16-12-20-19(13-18(16)21(27)25-17-8-7-9-24-14-17)26(10-5-6-11-29-3)22(28)23(2,31-20)15-30-4/h12-13,17,24H,5-11,14-15H2,1-4H3,(H,25,27)/t17-,23-/m1/s1. The summed E-state index contributed by atoms with van der Waals surface area (Å²) >= 11 is 0. The number of rotatable bonds is 9. The predicted molar refractivity (Wildman–Crippen MR) is 119 cm³/mol. The van der Waals surface area contributed by atoms with E-state index in [1.54, 1.807) is 32.1 Å². The number of hydrogen-bond acceptors (Lipinski definition) is 6. The first-order valence-electron chi connectivity index (χ1n) is 11.0. The Labute approximate surface area is 184 Å². The number of fused-ring (bicyclic) bond motifs is 1. The van der Waals surface area contributed by atoms with E-state index < -0.39 is 5.60 Å². The average molecular weight is 434 g/mol. The van der Waals surface area contributed by atoms with Crippen LogP contribution in [0.4, 0.5) is 5.69 Å². The van der Waals surface area contributed by atoms with Crippen molar-refractivity contribution in [3.8, 4) is 5.75 Å². The van der Waals surface area contributed by atoms with Gasteiger partial charge in [0.05, 0.1) is 12.3 Å². The number of benzene rings is 1. The van der Waals surface area contributed by atoms with Crippen molar-refractivity contribution in [2.45, 2.75) is 51.2 Å². The SMILES string of the molecule is COCCCCN1C(=O)[C@@](C)(COC)Oc2cc(C)c(C(=O)N[C@@H]3CCCNC3)cc21. The summed E-state index contributed by atoms with van der Waals surface area (Å²) in [6, 6.07) is 3.76. The summed E-state index contributed by atoms with van der Waals surface area (Å²) in [6.45, 7) is 6.71. The van der Waals surface area contributed by atoms with Gasteiger partial charge in [-0.3, -0.25) is 9.59 Å². The molecule has 8 heteroatoms. The molecule has 0 spiro atoms. The summed E-state index contributed by atoms with van der Waals surface area (Å²) in [4.78, 5) is 28.1. The Morgan fingerprint density at radius 3 is 2.81 bits per heavy atom. The molecule has 0 unspecified atom stereocenters. The number of hydrogen-bond donors (Lipinski definition) is 2. The van der Waals surface area contributed by atoms with Crippen LogP contribution in [0.1, 0.15) is 48.5 Å². The summed E-state index contributed by atoms with van der Waals surface area (Å²) < 4.78 is 16.5. The normalized spacial score (nSPS) is 23.3. The number of carbonyl (C=O) groups is 2. The number of ether oxygens (including phenoxy) is 3. The number of nitrogens with one attached hydrogen (secondary N) is 2. The van der Waals surface area contributed by atoms with Crippen LogP contribution in [-0.2, 0) is 14.3 Å². The molecule has 1 aromatic carbocycles. The molecule has 2 amide bonds. The molecule has 1 fully saturated rings. The van der Waals surface area contributed by atoms with E-state index in [2.05, 4.69) is 10.6 Å². The van der Waals surface area contributed by atoms with Crippen molar-refractivity contribution in [2.75, 3.05) is 52.0 Å². The molecule has 2 aliphatic rings. The van der Waals surface area contributed by atoms with E-state index in [-0.39, 0.29) is 24.5 Å². The fraction of sp³-hybridized carbons (Fsp3) is 0.652. The van der Waals surface area contributed by atoms with E-state index in [1.165, 1.54) is 0 Å². The van der Waals surface area contributed by atoms with E-state index in [1.807, 2.05) is 13.0 Å². The summed E-state index contributed by atoms with van der Waals surface area (Å²) in [6.07, 6.45) is 3.63. The quantitative estimate of drug-likeness (QED) is 0.580. The molecule has 172 valence electrons. The zero-order chi connectivity index (χ0) is 22.4. The second kappa shape index (κ2) is 10.4. The highest BCUT2D eigenvalue weighted by Gasteiger charge is 2.45. The molecule has 1 aromatic rings. The first-order chi connectivity index (χ1) is 14.9. The van der Waals surface area contributed by atoms with Crippen molar-refractivity contribution in [1.82, 2.24) is 10.6 Å². The molecule has 31 heavy (non-hydrogen) atoms. The molecular formula is C23H35N3O5. The van der Waals surface area contributed by atoms with E-state index in [0.717, 1.165) is 44.3 Å². The smallest absolute Gasteiger partial charge is 0.273 e. The summed E-state index contributed by atoms with van der Waals surface area (Å²) in [5.41, 5.74) is 0.910. The molecular weight excluding hydrogens is 398 g/mol. The van der Waals surface area contributed by atoms with Crippen LogP contribution in [0.3, 0.4) is 0 Å². The van der Waals surface area contributed by atoms with Gasteiger partial charge in [0, 0.05) is 45.5 Å². The molecule has 0 aromatic heterocycles. The van der Waals surface area contributed by atoms with Gasteiger partial charge in [0.15, 0.2) is 0 Å². The second-order valence-electron chi connectivity index (χ2n) is 8.57. The molecule has 2 heterocycles. The van der Waals surface area contributed by atoms with Gasteiger partial charge >= 0.3 is 0 Å². The molecule has 2 N–H and O–H groups in total. The van der Waals surface area contributed by atoms with Gasteiger partial charge in [-0.25, -0.2) is 0 Å². The number of carbonyl (C=O) groups excluding carboxylic acids is 2. The van der Waals surface area contributed by atoms with Crippen molar-refractivity contribution in [3.05, 3.63) is 23.3 Å². The molecule has 0 aliphatic carbocycles. The Kier molecular flexibility index (Phi) is 7.91. The van der Waals surface area contributed by atoms with Crippen molar-refractivity contribution >= 4 is 17.5 Å². The Morgan fingerprint density at radius 1 is 1.32 bits per heavy atom. The third-order valence-electron chi connectivity index (χ3n) is 5.91. The predicted octanol–water partition coefficient (Wildman–Crippen LogP) is 2.03. The van der Waals surface area contributed by atoms with Crippen LogP contribution in [-0.4, -0.2) is 70.5 Å².